The van der Waals surface area contributed by atoms with Crippen molar-refractivity contribution in [3.8, 4) is 0 Å². The fourth-order valence-electron chi connectivity index (χ4n) is 2.89. The third-order valence-electron chi connectivity index (χ3n) is 4.37. The zero-order valence-electron chi connectivity index (χ0n) is 16.3. The molecule has 1 aromatic carbocycles. The molecule has 150 valence electrons. The van der Waals surface area contributed by atoms with Crippen LogP contribution in [0.1, 0.15) is 20.3 Å². The average Bonchev–Trinajstić information content (AvgIpc) is 3.10. The summed E-state index contributed by atoms with van der Waals surface area (Å²) in [5.41, 5.74) is 0.681. The van der Waals surface area contributed by atoms with Crippen LogP contribution in [-0.2, 0) is 16.1 Å². The van der Waals surface area contributed by atoms with Crippen molar-refractivity contribution in [2.75, 3.05) is 26.0 Å². The van der Waals surface area contributed by atoms with Gasteiger partial charge in [-0.3, -0.25) is 18.6 Å². The minimum absolute atomic E-state index is 0.0648. The van der Waals surface area contributed by atoms with Gasteiger partial charge < -0.3 is 10.1 Å². The van der Waals surface area contributed by atoms with Crippen LogP contribution >= 0.6 is 11.8 Å². The predicted octanol–water partition coefficient (Wildman–Crippen LogP) is 1.94. The third-order valence-corrected chi connectivity index (χ3v) is 5.30. The maximum absolute atomic E-state index is 13.0. The van der Waals surface area contributed by atoms with Crippen LogP contribution in [0.2, 0.25) is 0 Å². The van der Waals surface area contributed by atoms with Gasteiger partial charge in [-0.1, -0.05) is 37.7 Å². The number of fused-ring (bicyclic) bond motifs is 3. The van der Waals surface area contributed by atoms with E-state index in [1.54, 1.807) is 11.7 Å². The number of aromatic nitrogens is 4. The van der Waals surface area contributed by atoms with Crippen molar-refractivity contribution in [2.24, 2.45) is 5.92 Å². The van der Waals surface area contributed by atoms with E-state index in [1.165, 1.54) is 11.8 Å². The Morgan fingerprint density at radius 1 is 1.29 bits per heavy atom. The number of nitrogens with zero attached hydrogens (tertiary/aromatic N) is 4. The number of hydrogen-bond acceptors (Lipinski definition) is 6. The first kappa shape index (κ1) is 20.3. The Morgan fingerprint density at radius 2 is 2.07 bits per heavy atom. The van der Waals surface area contributed by atoms with Crippen LogP contribution in [-0.4, -0.2) is 51.1 Å². The number of amides is 1. The largest absolute Gasteiger partial charge is 0.383 e. The molecule has 0 bridgehead atoms. The lowest BCUT2D eigenvalue weighted by Gasteiger charge is -2.12. The van der Waals surface area contributed by atoms with Gasteiger partial charge in [-0.15, -0.1) is 10.2 Å². The van der Waals surface area contributed by atoms with Crippen molar-refractivity contribution in [1.29, 1.82) is 0 Å². The van der Waals surface area contributed by atoms with Gasteiger partial charge in [-0.05, 0) is 24.5 Å². The van der Waals surface area contributed by atoms with Crippen LogP contribution in [0, 0.1) is 5.92 Å². The van der Waals surface area contributed by atoms with E-state index >= 15 is 0 Å². The van der Waals surface area contributed by atoms with E-state index in [0.717, 1.165) is 11.9 Å². The monoisotopic (exact) mass is 403 g/mol. The molecule has 8 nitrogen and oxygen atoms in total. The standard InChI is InChI=1S/C19H25N5O3S/c1-13(2)8-10-23-17(26)14-6-4-5-7-15(14)24-18(23)21-22-19(24)28-12-16(25)20-9-11-27-3/h4-7,13H,8-12H2,1-3H3,(H,20,25). The first-order chi connectivity index (χ1) is 13.5. The predicted molar refractivity (Wildman–Crippen MR) is 110 cm³/mol. The second-order valence-corrected chi connectivity index (χ2v) is 7.85. The molecule has 0 saturated heterocycles. The Bertz CT molecular complexity index is 1030. The molecule has 0 aliphatic carbocycles. The second-order valence-electron chi connectivity index (χ2n) is 6.91. The number of para-hydroxylation sites is 1. The summed E-state index contributed by atoms with van der Waals surface area (Å²) in [6.07, 6.45) is 0.866. The number of rotatable bonds is 9. The Hall–Kier alpha value is -2.39. The summed E-state index contributed by atoms with van der Waals surface area (Å²) >= 11 is 1.30. The summed E-state index contributed by atoms with van der Waals surface area (Å²) in [4.78, 5) is 25.0. The molecule has 0 aliphatic rings. The molecular formula is C19H25N5O3S. The van der Waals surface area contributed by atoms with Crippen molar-refractivity contribution < 1.29 is 9.53 Å². The van der Waals surface area contributed by atoms with E-state index in [-0.39, 0.29) is 17.2 Å². The highest BCUT2D eigenvalue weighted by Gasteiger charge is 2.17. The number of aryl methyl sites for hydroxylation is 1. The Morgan fingerprint density at radius 3 is 2.82 bits per heavy atom. The van der Waals surface area contributed by atoms with Gasteiger partial charge in [-0.2, -0.15) is 0 Å². The maximum atomic E-state index is 13.0. The minimum Gasteiger partial charge on any atom is -0.383 e. The van der Waals surface area contributed by atoms with Crippen molar-refractivity contribution in [2.45, 2.75) is 32.0 Å². The number of nitrogens with one attached hydrogen (secondary N) is 1. The molecule has 1 N–H and O–H groups in total. The van der Waals surface area contributed by atoms with Crippen LogP contribution in [0.25, 0.3) is 16.7 Å². The van der Waals surface area contributed by atoms with Gasteiger partial charge in [0.25, 0.3) is 5.56 Å². The third kappa shape index (κ3) is 4.36. The van der Waals surface area contributed by atoms with Crippen molar-refractivity contribution in [3.05, 3.63) is 34.6 Å². The van der Waals surface area contributed by atoms with Crippen LogP contribution < -0.4 is 10.9 Å². The summed E-state index contributed by atoms with van der Waals surface area (Å²) in [6.45, 7) is 5.75. The number of carbonyl (C=O) groups is 1. The van der Waals surface area contributed by atoms with Gasteiger partial charge in [0.15, 0.2) is 5.16 Å². The fourth-order valence-corrected chi connectivity index (χ4v) is 3.66. The van der Waals surface area contributed by atoms with Crippen LogP contribution in [0.5, 0.6) is 0 Å². The first-order valence-electron chi connectivity index (χ1n) is 9.28. The van der Waals surface area contributed by atoms with Crippen LogP contribution in [0.4, 0.5) is 0 Å². The van der Waals surface area contributed by atoms with E-state index < -0.39 is 0 Å². The number of ether oxygens (including phenoxy) is 1. The number of carbonyl (C=O) groups excluding carboxylic acids is 1. The Balaban J connectivity index is 1.97. The van der Waals surface area contributed by atoms with Crippen molar-refractivity contribution in [1.82, 2.24) is 24.5 Å². The van der Waals surface area contributed by atoms with Gasteiger partial charge in [0, 0.05) is 20.2 Å². The molecule has 0 aliphatic heterocycles. The van der Waals surface area contributed by atoms with E-state index in [0.29, 0.717) is 41.9 Å². The zero-order chi connectivity index (χ0) is 20.1. The van der Waals surface area contributed by atoms with E-state index in [9.17, 15) is 9.59 Å². The number of benzene rings is 1. The molecule has 28 heavy (non-hydrogen) atoms. The highest BCUT2D eigenvalue weighted by atomic mass is 32.2. The maximum Gasteiger partial charge on any atom is 0.262 e. The molecule has 0 saturated carbocycles. The summed E-state index contributed by atoms with van der Waals surface area (Å²) in [5, 5.41) is 12.5. The normalized spacial score (nSPS) is 11.6. The van der Waals surface area contributed by atoms with Crippen molar-refractivity contribution in [3.63, 3.8) is 0 Å². The lowest BCUT2D eigenvalue weighted by atomic mass is 10.1. The molecule has 9 heteroatoms. The van der Waals surface area contributed by atoms with Crippen molar-refractivity contribution >= 4 is 34.3 Å². The molecule has 0 spiro atoms. The topological polar surface area (TPSA) is 90.5 Å². The molecule has 1 amide bonds. The number of thioether (sulfide) groups is 1. The lowest BCUT2D eigenvalue weighted by Crippen LogP contribution is -2.28. The van der Waals surface area contributed by atoms with E-state index in [2.05, 4.69) is 29.4 Å². The summed E-state index contributed by atoms with van der Waals surface area (Å²) in [7, 11) is 1.59. The van der Waals surface area contributed by atoms with Gasteiger partial charge in [-0.25, -0.2) is 0 Å². The molecule has 0 unspecified atom stereocenters. The molecule has 3 aromatic rings. The van der Waals surface area contributed by atoms with Gasteiger partial charge in [0.1, 0.15) is 0 Å². The molecule has 2 aromatic heterocycles. The highest BCUT2D eigenvalue weighted by molar-refractivity contribution is 7.99. The second kappa shape index (κ2) is 9.20. The van der Waals surface area contributed by atoms with Crippen LogP contribution in [0.15, 0.2) is 34.2 Å². The molecule has 2 heterocycles. The molecule has 0 radical (unpaired) electrons. The Kier molecular flexibility index (Phi) is 6.69. The summed E-state index contributed by atoms with van der Waals surface area (Å²) in [5.74, 6) is 1.08. The van der Waals surface area contributed by atoms with Crippen LogP contribution in [0.3, 0.4) is 0 Å². The van der Waals surface area contributed by atoms with Gasteiger partial charge in [0.05, 0.1) is 23.3 Å². The van der Waals surface area contributed by atoms with Gasteiger partial charge in [0.2, 0.25) is 11.7 Å². The summed E-state index contributed by atoms with van der Waals surface area (Å²) in [6, 6.07) is 7.42. The van der Waals surface area contributed by atoms with E-state index in [1.807, 2.05) is 28.7 Å². The molecular weight excluding hydrogens is 378 g/mol. The molecule has 0 atom stereocenters. The average molecular weight is 404 g/mol. The SMILES string of the molecule is COCCNC(=O)CSc1nnc2n(CCC(C)C)c(=O)c3ccccc3n12. The quantitative estimate of drug-likeness (QED) is 0.434. The molecule has 0 fully saturated rings. The zero-order valence-corrected chi connectivity index (χ0v) is 17.2. The number of methoxy groups -OCH3 is 1. The molecule has 3 rings (SSSR count). The van der Waals surface area contributed by atoms with E-state index in [4.69, 9.17) is 4.74 Å². The summed E-state index contributed by atoms with van der Waals surface area (Å²) < 4.78 is 8.48. The highest BCUT2D eigenvalue weighted by Crippen LogP contribution is 2.21. The van der Waals surface area contributed by atoms with Gasteiger partial charge >= 0.3 is 0 Å². The Labute approximate surface area is 167 Å². The number of hydrogen-bond donors (Lipinski definition) is 1. The first-order valence-corrected chi connectivity index (χ1v) is 10.3. The lowest BCUT2D eigenvalue weighted by molar-refractivity contribution is -0.118. The smallest absolute Gasteiger partial charge is 0.262 e. The minimum atomic E-state index is -0.101. The fraction of sp³-hybridized carbons (Fsp3) is 0.474.